The number of benzene rings is 2. The number of aryl methyl sites for hydroxylation is 4. The van der Waals surface area contributed by atoms with Crippen molar-refractivity contribution in [3.05, 3.63) is 88.2 Å². The smallest absolute Gasteiger partial charge is 0.260 e. The summed E-state index contributed by atoms with van der Waals surface area (Å²) in [5.41, 5.74) is 7.74. The van der Waals surface area contributed by atoms with Gasteiger partial charge in [-0.25, -0.2) is 4.98 Å². The van der Waals surface area contributed by atoms with Crippen molar-refractivity contribution in [2.24, 2.45) is 0 Å². The molecule has 0 unspecified atom stereocenters. The molecule has 0 aliphatic heterocycles. The first-order valence-corrected chi connectivity index (χ1v) is 11.6. The van der Waals surface area contributed by atoms with Gasteiger partial charge < -0.3 is 0 Å². The van der Waals surface area contributed by atoms with E-state index in [4.69, 9.17) is 4.98 Å². The van der Waals surface area contributed by atoms with Gasteiger partial charge in [-0.3, -0.25) is 14.7 Å². The maximum absolute atomic E-state index is 13.7. The fourth-order valence-corrected chi connectivity index (χ4v) is 5.42. The summed E-state index contributed by atoms with van der Waals surface area (Å²) >= 11 is 1.59. The van der Waals surface area contributed by atoms with Crippen LogP contribution in [0.5, 0.6) is 0 Å². The Bertz CT molecular complexity index is 1260. The lowest BCUT2D eigenvalue weighted by Gasteiger charge is -2.22. The number of thiazole rings is 1. The molecule has 1 aliphatic rings. The van der Waals surface area contributed by atoms with E-state index in [1.807, 2.05) is 24.4 Å². The largest absolute Gasteiger partial charge is 0.279 e. The summed E-state index contributed by atoms with van der Waals surface area (Å²) in [4.78, 5) is 24.6. The zero-order chi connectivity index (χ0) is 21.4. The lowest BCUT2D eigenvalue weighted by molar-refractivity contribution is 0.0985. The number of rotatable bonds is 4. The van der Waals surface area contributed by atoms with E-state index in [2.05, 4.69) is 43.1 Å². The highest BCUT2D eigenvalue weighted by atomic mass is 32.1. The van der Waals surface area contributed by atoms with Crippen LogP contribution in [-0.2, 0) is 19.4 Å². The van der Waals surface area contributed by atoms with E-state index in [9.17, 15) is 4.79 Å². The van der Waals surface area contributed by atoms with Gasteiger partial charge in [0.05, 0.1) is 16.8 Å². The molecule has 0 fully saturated rings. The Kier molecular flexibility index (Phi) is 5.28. The van der Waals surface area contributed by atoms with Crippen LogP contribution in [0, 0.1) is 13.8 Å². The highest BCUT2D eigenvalue weighted by molar-refractivity contribution is 7.22. The number of fused-ring (bicyclic) bond motifs is 2. The van der Waals surface area contributed by atoms with Crippen LogP contribution < -0.4 is 4.90 Å². The quantitative estimate of drug-likeness (QED) is 0.399. The van der Waals surface area contributed by atoms with Gasteiger partial charge in [0.25, 0.3) is 5.91 Å². The maximum Gasteiger partial charge on any atom is 0.260 e. The van der Waals surface area contributed by atoms with Crippen LogP contribution in [0.3, 0.4) is 0 Å². The third-order valence-electron chi connectivity index (χ3n) is 5.94. The summed E-state index contributed by atoms with van der Waals surface area (Å²) in [6, 6.07) is 14.4. The van der Waals surface area contributed by atoms with Crippen molar-refractivity contribution < 1.29 is 4.79 Å². The fraction of sp³-hybridized carbons (Fsp3) is 0.269. The number of nitrogens with zero attached hydrogens (tertiary/aromatic N) is 3. The van der Waals surface area contributed by atoms with Crippen LogP contribution in [0.4, 0.5) is 5.13 Å². The van der Waals surface area contributed by atoms with Crippen molar-refractivity contribution in [2.45, 2.75) is 46.1 Å². The molecule has 0 bridgehead atoms. The predicted octanol–water partition coefficient (Wildman–Crippen LogP) is 6.03. The molecule has 1 amide bonds. The van der Waals surface area contributed by atoms with Crippen molar-refractivity contribution in [3.8, 4) is 0 Å². The summed E-state index contributed by atoms with van der Waals surface area (Å²) in [6.45, 7) is 4.63. The minimum absolute atomic E-state index is 0.00865. The molecule has 0 spiro atoms. The Labute approximate surface area is 186 Å². The molecule has 5 rings (SSSR count). The Hall–Kier alpha value is -3.05. The molecule has 4 aromatic rings. The number of aromatic nitrogens is 2. The van der Waals surface area contributed by atoms with Gasteiger partial charge in [-0.2, -0.15) is 0 Å². The van der Waals surface area contributed by atoms with E-state index in [-0.39, 0.29) is 5.91 Å². The normalized spacial score (nSPS) is 13.2. The third-order valence-corrected chi connectivity index (χ3v) is 7.17. The van der Waals surface area contributed by atoms with Crippen molar-refractivity contribution in [3.63, 3.8) is 0 Å². The molecule has 2 aromatic heterocycles. The van der Waals surface area contributed by atoms with Gasteiger partial charge in [0.15, 0.2) is 5.13 Å². The molecular weight excluding hydrogens is 402 g/mol. The SMILES string of the molecule is Cc1cc(C)c2sc(N(Cc3cccnc3)C(=O)c3ccc4c(c3)CCCC4)nc2c1. The number of carbonyl (C=O) groups excluding carboxylic acids is 1. The topological polar surface area (TPSA) is 46.1 Å². The van der Waals surface area contributed by atoms with E-state index >= 15 is 0 Å². The summed E-state index contributed by atoms with van der Waals surface area (Å²) in [6.07, 6.45) is 8.16. The summed E-state index contributed by atoms with van der Waals surface area (Å²) in [5.74, 6) is -0.00865. The average Bonchev–Trinajstić information content (AvgIpc) is 3.21. The third kappa shape index (κ3) is 3.98. The molecule has 2 aromatic carbocycles. The first-order chi connectivity index (χ1) is 15.1. The minimum atomic E-state index is -0.00865. The van der Waals surface area contributed by atoms with E-state index < -0.39 is 0 Å². The summed E-state index contributed by atoms with van der Waals surface area (Å²) in [7, 11) is 0. The molecule has 0 atom stereocenters. The van der Waals surface area contributed by atoms with Crippen molar-refractivity contribution >= 4 is 32.6 Å². The Morgan fingerprint density at radius 1 is 1.06 bits per heavy atom. The summed E-state index contributed by atoms with van der Waals surface area (Å²) in [5, 5.41) is 0.732. The molecule has 0 saturated heterocycles. The van der Waals surface area contributed by atoms with Crippen LogP contribution >= 0.6 is 11.3 Å². The van der Waals surface area contributed by atoms with Gasteiger partial charge in [-0.05, 0) is 91.6 Å². The average molecular weight is 428 g/mol. The Balaban J connectivity index is 1.57. The molecule has 4 nitrogen and oxygen atoms in total. The predicted molar refractivity (Wildman–Crippen MR) is 127 cm³/mol. The van der Waals surface area contributed by atoms with E-state index in [0.717, 1.165) is 39.3 Å². The van der Waals surface area contributed by atoms with E-state index in [1.165, 1.54) is 35.1 Å². The Morgan fingerprint density at radius 3 is 2.71 bits per heavy atom. The molecule has 0 saturated carbocycles. The van der Waals surface area contributed by atoms with Gasteiger partial charge in [0.1, 0.15) is 0 Å². The van der Waals surface area contributed by atoms with Gasteiger partial charge >= 0.3 is 0 Å². The minimum Gasteiger partial charge on any atom is -0.279 e. The van der Waals surface area contributed by atoms with Gasteiger partial charge in [-0.1, -0.05) is 29.5 Å². The molecule has 31 heavy (non-hydrogen) atoms. The lowest BCUT2D eigenvalue weighted by atomic mass is 9.90. The first kappa shape index (κ1) is 19.9. The van der Waals surface area contributed by atoms with E-state index in [0.29, 0.717) is 6.54 Å². The molecule has 1 aliphatic carbocycles. The van der Waals surface area contributed by atoms with Crippen LogP contribution in [0.25, 0.3) is 10.2 Å². The first-order valence-electron chi connectivity index (χ1n) is 10.8. The monoisotopic (exact) mass is 427 g/mol. The number of pyridine rings is 1. The zero-order valence-electron chi connectivity index (χ0n) is 17.9. The maximum atomic E-state index is 13.7. The molecule has 0 N–H and O–H groups in total. The van der Waals surface area contributed by atoms with Gasteiger partial charge in [0.2, 0.25) is 0 Å². The molecule has 156 valence electrons. The molecule has 0 radical (unpaired) electrons. The van der Waals surface area contributed by atoms with Crippen molar-refractivity contribution in [1.82, 2.24) is 9.97 Å². The number of anilines is 1. The number of carbonyl (C=O) groups is 1. The molecular formula is C26H25N3OS. The van der Waals surface area contributed by atoms with Crippen LogP contribution in [-0.4, -0.2) is 15.9 Å². The highest BCUT2D eigenvalue weighted by Crippen LogP contribution is 2.34. The standard InChI is InChI=1S/C26H25N3OS/c1-17-12-18(2)24-23(13-17)28-26(31-24)29(16-19-6-5-11-27-15-19)25(30)22-10-9-20-7-3-4-8-21(20)14-22/h5-6,9-15H,3-4,7-8,16H2,1-2H3. The fourth-order valence-electron chi connectivity index (χ4n) is 4.40. The Morgan fingerprint density at radius 2 is 1.90 bits per heavy atom. The zero-order valence-corrected chi connectivity index (χ0v) is 18.7. The van der Waals surface area contributed by atoms with Gasteiger partial charge in [-0.15, -0.1) is 0 Å². The molecule has 2 heterocycles. The van der Waals surface area contributed by atoms with E-state index in [1.54, 1.807) is 22.4 Å². The number of hydrogen-bond acceptors (Lipinski definition) is 4. The van der Waals surface area contributed by atoms with Crippen LogP contribution in [0.15, 0.2) is 54.9 Å². The second-order valence-corrected chi connectivity index (χ2v) is 9.35. The number of hydrogen-bond donors (Lipinski definition) is 0. The second-order valence-electron chi connectivity index (χ2n) is 8.37. The van der Waals surface area contributed by atoms with Crippen LogP contribution in [0.2, 0.25) is 0 Å². The van der Waals surface area contributed by atoms with Gasteiger partial charge in [0, 0.05) is 18.0 Å². The molecule has 5 heteroatoms. The second kappa shape index (κ2) is 8.23. The van der Waals surface area contributed by atoms with Crippen molar-refractivity contribution in [2.75, 3.05) is 4.90 Å². The highest BCUT2D eigenvalue weighted by Gasteiger charge is 2.23. The van der Waals surface area contributed by atoms with Crippen molar-refractivity contribution in [1.29, 1.82) is 0 Å². The van der Waals surface area contributed by atoms with Crippen LogP contribution in [0.1, 0.15) is 51.0 Å². The lowest BCUT2D eigenvalue weighted by Crippen LogP contribution is -2.30. The summed E-state index contributed by atoms with van der Waals surface area (Å²) < 4.78 is 1.13. The number of amides is 1.